The summed E-state index contributed by atoms with van der Waals surface area (Å²) in [6.45, 7) is 25.3. The van der Waals surface area contributed by atoms with E-state index < -0.39 is 0 Å². The predicted molar refractivity (Wildman–Crippen MR) is 225 cm³/mol. The number of aliphatic hydroxyl groups excluding tert-OH is 2. The van der Waals surface area contributed by atoms with Crippen LogP contribution in [-0.4, -0.2) is 10.2 Å². The fraction of sp³-hybridized carbons (Fsp3) is 0.240. The van der Waals surface area contributed by atoms with Gasteiger partial charge in [-0.3, -0.25) is 0 Å². The number of aryl methyl sites for hydroxylation is 12. The van der Waals surface area contributed by atoms with Crippen molar-refractivity contribution in [2.75, 3.05) is 0 Å². The van der Waals surface area contributed by atoms with Crippen LogP contribution in [0.15, 0.2) is 61.1 Å². The average molecular weight is 739 g/mol. The predicted octanol–water partition coefficient (Wildman–Crippen LogP) is 13.0. The van der Waals surface area contributed by atoms with Gasteiger partial charge in [0.15, 0.2) is 0 Å². The first-order valence-corrected chi connectivity index (χ1v) is 18.0. The molecule has 4 aromatic carbocycles. The van der Waals surface area contributed by atoms with Crippen molar-refractivity contribution in [2.24, 2.45) is 0 Å². The first kappa shape index (κ1) is 45.8. The van der Waals surface area contributed by atoms with Crippen LogP contribution in [0.5, 0.6) is 0 Å². The Balaban J connectivity index is 0.000000285. The fourth-order valence-electron chi connectivity index (χ4n) is 7.57. The summed E-state index contributed by atoms with van der Waals surface area (Å²) in [4.78, 5) is 0. The first-order chi connectivity index (χ1) is 24.7. The van der Waals surface area contributed by atoms with E-state index in [4.69, 9.17) is 0 Å². The Morgan fingerprint density at radius 2 is 0.434 bits per heavy atom. The molecule has 2 aliphatic carbocycles. The second-order valence-electron chi connectivity index (χ2n) is 14.1. The Hall–Kier alpha value is -3.33. The van der Waals surface area contributed by atoms with Crippen molar-refractivity contribution in [3.8, 4) is 0 Å². The van der Waals surface area contributed by atoms with Gasteiger partial charge < -0.3 is 10.2 Å². The summed E-state index contributed by atoms with van der Waals surface area (Å²) in [6, 6.07) is 17.4. The van der Waals surface area contributed by atoms with E-state index in [1.54, 1.807) is 0 Å². The van der Waals surface area contributed by atoms with Crippen LogP contribution in [0.2, 0.25) is 0 Å². The second kappa shape index (κ2) is 22.1. The van der Waals surface area contributed by atoms with E-state index >= 15 is 0 Å². The van der Waals surface area contributed by atoms with Gasteiger partial charge in [0.05, 0.1) is 12.5 Å². The Kier molecular flexibility index (Phi) is 19.2. The third kappa shape index (κ3) is 12.9. The van der Waals surface area contributed by atoms with E-state index in [2.05, 4.69) is 132 Å². The maximum atomic E-state index is 9.91. The van der Waals surface area contributed by atoms with Crippen LogP contribution in [0.3, 0.4) is 0 Å². The summed E-state index contributed by atoms with van der Waals surface area (Å²) in [6.07, 6.45) is 22.5. The molecule has 0 saturated heterocycles. The molecule has 0 aliphatic heterocycles. The quantitative estimate of drug-likeness (QED) is 0.162. The molecular weight excluding hydrogens is 680 g/mol. The maximum absolute atomic E-state index is 9.91. The van der Waals surface area contributed by atoms with Crippen LogP contribution >= 0.6 is 0 Å². The Morgan fingerprint density at radius 3 is 0.547 bits per heavy atom. The topological polar surface area (TPSA) is 40.5 Å². The van der Waals surface area contributed by atoms with Crippen LogP contribution in [0.25, 0.3) is 11.1 Å². The zero-order valence-corrected chi connectivity index (χ0v) is 35.5. The van der Waals surface area contributed by atoms with E-state index in [0.29, 0.717) is 0 Å². The molecule has 2 nitrogen and oxygen atoms in total. The Bertz CT molecular complexity index is 1500. The van der Waals surface area contributed by atoms with Crippen molar-refractivity contribution >= 4 is 11.1 Å². The van der Waals surface area contributed by atoms with Gasteiger partial charge in [-0.15, -0.1) is 0 Å². The SMILES string of the molecule is Cc1cc(C)c(C(=CO)c2c(C)cc(C)cc2C)c(C)c1.Cc1cc(C)c(C(=CO)c2c(C)cc(C)cc2C)c(C)c1.[CH]1[CH][CH][CH][CH]1.[CH]1[CH][CH][CH][CH]1.[Ti+2]. The van der Waals surface area contributed by atoms with Crippen molar-refractivity contribution < 1.29 is 31.9 Å². The monoisotopic (exact) mass is 738 g/mol. The van der Waals surface area contributed by atoms with Crippen LogP contribution in [0, 0.1) is 147 Å². The molecule has 0 bridgehead atoms. The number of rotatable bonds is 4. The van der Waals surface area contributed by atoms with Crippen molar-refractivity contribution in [2.45, 2.75) is 83.1 Å². The molecule has 272 valence electrons. The molecular formula is C50H58O2Ti+2. The molecule has 0 spiro atoms. The zero-order valence-electron chi connectivity index (χ0n) is 33.9. The van der Waals surface area contributed by atoms with Gasteiger partial charge in [-0.2, -0.15) is 0 Å². The van der Waals surface area contributed by atoms with E-state index in [1.807, 2.05) is 64.2 Å². The van der Waals surface area contributed by atoms with Crippen LogP contribution in [0.1, 0.15) is 89.0 Å². The van der Waals surface area contributed by atoms with Gasteiger partial charge in [0.25, 0.3) is 0 Å². The summed E-state index contributed by atoms with van der Waals surface area (Å²) < 4.78 is 0. The van der Waals surface area contributed by atoms with Crippen molar-refractivity contribution in [1.82, 2.24) is 0 Å². The third-order valence-corrected chi connectivity index (χ3v) is 9.15. The Morgan fingerprint density at radius 1 is 0.302 bits per heavy atom. The molecule has 2 saturated carbocycles. The minimum Gasteiger partial charge on any atom is -0.515 e. The summed E-state index contributed by atoms with van der Waals surface area (Å²) in [5.41, 5.74) is 21.0. The van der Waals surface area contributed by atoms with Crippen LogP contribution < -0.4 is 0 Å². The Labute approximate surface area is 338 Å². The summed E-state index contributed by atoms with van der Waals surface area (Å²) in [5.74, 6) is 0. The number of hydrogen-bond acceptors (Lipinski definition) is 2. The number of hydrogen-bond donors (Lipinski definition) is 2. The molecule has 2 fully saturated rings. The van der Waals surface area contributed by atoms with Gasteiger partial charge in [0.1, 0.15) is 0 Å². The van der Waals surface area contributed by atoms with Gasteiger partial charge in [0, 0.05) is 11.1 Å². The minimum atomic E-state index is 0. The van der Waals surface area contributed by atoms with Crippen LogP contribution in [-0.2, 0) is 21.7 Å². The van der Waals surface area contributed by atoms with Gasteiger partial charge in [-0.1, -0.05) is 70.8 Å². The fourth-order valence-corrected chi connectivity index (χ4v) is 7.57. The molecule has 0 heterocycles. The molecule has 2 N–H and O–H groups in total. The molecule has 53 heavy (non-hydrogen) atoms. The molecule has 10 radical (unpaired) electrons. The van der Waals surface area contributed by atoms with E-state index in [-0.39, 0.29) is 21.7 Å². The van der Waals surface area contributed by atoms with Gasteiger partial charge in [-0.05, 0) is 214 Å². The normalized spacial score (nSPS) is 12.9. The molecule has 0 amide bonds. The van der Waals surface area contributed by atoms with Crippen molar-refractivity contribution in [3.63, 3.8) is 0 Å². The van der Waals surface area contributed by atoms with E-state index in [9.17, 15) is 10.2 Å². The van der Waals surface area contributed by atoms with Gasteiger partial charge in [-0.25, -0.2) is 0 Å². The van der Waals surface area contributed by atoms with Crippen molar-refractivity contribution in [1.29, 1.82) is 0 Å². The molecule has 0 atom stereocenters. The van der Waals surface area contributed by atoms with E-state index in [1.165, 1.54) is 79.3 Å². The molecule has 2 aliphatic rings. The van der Waals surface area contributed by atoms with Crippen molar-refractivity contribution in [3.05, 3.63) is 214 Å². The summed E-state index contributed by atoms with van der Waals surface area (Å²) in [7, 11) is 0. The van der Waals surface area contributed by atoms with Crippen LogP contribution in [0.4, 0.5) is 0 Å². The maximum Gasteiger partial charge on any atom is 2.00 e. The standard InChI is InChI=1S/2C20H24O.2C5H5.Ti/c2*1-12-7-14(3)19(15(4)8-12)18(11-21)20-16(5)9-13(2)10-17(20)6;2*1-2-4-5-3-1;/h2*7-11,21H,1-6H3;2*1-5H;/q;;;;+2. The third-order valence-electron chi connectivity index (χ3n) is 9.15. The van der Waals surface area contributed by atoms with Gasteiger partial charge >= 0.3 is 21.7 Å². The molecule has 0 unspecified atom stereocenters. The second-order valence-corrected chi connectivity index (χ2v) is 14.1. The molecule has 0 aromatic heterocycles. The average Bonchev–Trinajstić information content (AvgIpc) is 3.82. The number of aliphatic hydroxyl groups is 2. The number of benzene rings is 4. The summed E-state index contributed by atoms with van der Waals surface area (Å²) in [5, 5.41) is 19.8. The zero-order chi connectivity index (χ0) is 38.5. The smallest absolute Gasteiger partial charge is 0.515 e. The summed E-state index contributed by atoms with van der Waals surface area (Å²) >= 11 is 0. The first-order valence-electron chi connectivity index (χ1n) is 18.0. The molecule has 6 rings (SSSR count). The minimum absolute atomic E-state index is 0. The largest absolute Gasteiger partial charge is 2.00 e. The molecule has 4 aromatic rings. The molecule has 3 heteroatoms. The van der Waals surface area contributed by atoms with E-state index in [0.717, 1.165) is 33.4 Å². The van der Waals surface area contributed by atoms with Gasteiger partial charge in [0.2, 0.25) is 0 Å².